The van der Waals surface area contributed by atoms with Gasteiger partial charge in [0.05, 0.1) is 5.54 Å². The van der Waals surface area contributed by atoms with E-state index in [0.717, 1.165) is 29.0 Å². The molecule has 1 aromatic carbocycles. The van der Waals surface area contributed by atoms with Crippen molar-refractivity contribution in [1.29, 1.82) is 0 Å². The van der Waals surface area contributed by atoms with Crippen molar-refractivity contribution < 1.29 is 0 Å². The molecule has 3 heteroatoms. The summed E-state index contributed by atoms with van der Waals surface area (Å²) in [6, 6.07) is 8.11. The number of benzene rings is 1. The summed E-state index contributed by atoms with van der Waals surface area (Å²) >= 11 is 5.97. The van der Waals surface area contributed by atoms with Gasteiger partial charge >= 0.3 is 0 Å². The molecule has 0 saturated carbocycles. The molecule has 2 unspecified atom stereocenters. The number of nitrogens with two attached hydrogens (primary N) is 1. The lowest BCUT2D eigenvalue weighted by Crippen LogP contribution is -2.54. The lowest BCUT2D eigenvalue weighted by Gasteiger charge is -2.41. The zero-order valence-electron chi connectivity index (χ0n) is 12.4. The Labute approximate surface area is 122 Å². The van der Waals surface area contributed by atoms with Crippen LogP contribution in [0, 0.1) is 0 Å². The van der Waals surface area contributed by atoms with E-state index in [2.05, 4.69) is 32.5 Å². The average molecular weight is 281 g/mol. The van der Waals surface area contributed by atoms with Gasteiger partial charge in [0.2, 0.25) is 0 Å². The smallest absolute Gasteiger partial charge is 0.0604 e. The van der Waals surface area contributed by atoms with E-state index < -0.39 is 5.54 Å². The van der Waals surface area contributed by atoms with Crippen molar-refractivity contribution >= 4 is 11.6 Å². The second kappa shape index (κ2) is 6.56. The highest BCUT2D eigenvalue weighted by Gasteiger charge is 2.36. The Morgan fingerprint density at radius 3 is 2.26 bits per heavy atom. The summed E-state index contributed by atoms with van der Waals surface area (Å²) < 4.78 is 0. The summed E-state index contributed by atoms with van der Waals surface area (Å²) in [4.78, 5) is 2.19. The van der Waals surface area contributed by atoms with Crippen LogP contribution in [-0.2, 0) is 5.54 Å². The molecule has 0 aromatic heterocycles. The molecular weight excluding hydrogens is 256 g/mol. The van der Waals surface area contributed by atoms with Gasteiger partial charge in [-0.2, -0.15) is 0 Å². The molecule has 0 saturated heterocycles. The van der Waals surface area contributed by atoms with E-state index >= 15 is 0 Å². The predicted octanol–water partition coefficient (Wildman–Crippen LogP) is 3.80. The Morgan fingerprint density at radius 1 is 1.37 bits per heavy atom. The molecule has 1 aromatic rings. The SMILES string of the molecule is C=C(C)CC(N)(c1ccc(Cl)cc1)C(CC)N(C)C. The second-order valence-electron chi connectivity index (χ2n) is 5.57. The molecule has 0 aliphatic rings. The van der Waals surface area contributed by atoms with E-state index in [1.807, 2.05) is 31.2 Å². The van der Waals surface area contributed by atoms with Crippen molar-refractivity contribution in [2.24, 2.45) is 5.73 Å². The van der Waals surface area contributed by atoms with Gasteiger partial charge < -0.3 is 10.6 Å². The minimum absolute atomic E-state index is 0.255. The second-order valence-corrected chi connectivity index (χ2v) is 6.01. The van der Waals surface area contributed by atoms with Gasteiger partial charge in [-0.05, 0) is 51.6 Å². The van der Waals surface area contributed by atoms with E-state index in [4.69, 9.17) is 17.3 Å². The fourth-order valence-corrected chi connectivity index (χ4v) is 2.99. The van der Waals surface area contributed by atoms with Crippen LogP contribution in [0.3, 0.4) is 0 Å². The first-order valence-electron chi connectivity index (χ1n) is 6.67. The highest BCUT2D eigenvalue weighted by molar-refractivity contribution is 6.30. The van der Waals surface area contributed by atoms with Gasteiger partial charge in [0.25, 0.3) is 0 Å². The Bertz CT molecular complexity index is 425. The monoisotopic (exact) mass is 280 g/mol. The highest BCUT2D eigenvalue weighted by Crippen LogP contribution is 2.33. The van der Waals surface area contributed by atoms with Crippen LogP contribution in [0.2, 0.25) is 5.02 Å². The Balaban J connectivity index is 3.25. The standard InChI is InChI=1S/C16H25ClN2/c1-6-15(19(4)5)16(18,11-12(2)3)13-7-9-14(17)10-8-13/h7-10,15H,2,6,11,18H2,1,3-5H3. The van der Waals surface area contributed by atoms with Crippen LogP contribution in [0.25, 0.3) is 0 Å². The maximum Gasteiger partial charge on any atom is 0.0604 e. The van der Waals surface area contributed by atoms with Crippen molar-refractivity contribution in [3.63, 3.8) is 0 Å². The fourth-order valence-electron chi connectivity index (χ4n) is 2.86. The molecule has 0 bridgehead atoms. The summed E-state index contributed by atoms with van der Waals surface area (Å²) in [7, 11) is 4.15. The summed E-state index contributed by atoms with van der Waals surface area (Å²) in [5.41, 5.74) is 8.55. The quantitative estimate of drug-likeness (QED) is 0.803. The molecule has 0 radical (unpaired) electrons. The van der Waals surface area contributed by atoms with Crippen molar-refractivity contribution in [1.82, 2.24) is 4.90 Å². The molecule has 0 fully saturated rings. The molecule has 0 spiro atoms. The molecule has 0 aliphatic carbocycles. The van der Waals surface area contributed by atoms with E-state index in [0.29, 0.717) is 0 Å². The number of hydrogen-bond donors (Lipinski definition) is 1. The molecule has 2 N–H and O–H groups in total. The van der Waals surface area contributed by atoms with Crippen LogP contribution >= 0.6 is 11.6 Å². The van der Waals surface area contributed by atoms with Gasteiger partial charge in [0, 0.05) is 11.1 Å². The van der Waals surface area contributed by atoms with Crippen LogP contribution in [0.15, 0.2) is 36.4 Å². The number of rotatable bonds is 6. The van der Waals surface area contributed by atoms with Gasteiger partial charge in [-0.3, -0.25) is 0 Å². The Morgan fingerprint density at radius 2 is 1.89 bits per heavy atom. The van der Waals surface area contributed by atoms with Crippen molar-refractivity contribution in [3.05, 3.63) is 47.0 Å². The summed E-state index contributed by atoms with van der Waals surface area (Å²) in [6.45, 7) is 8.23. The van der Waals surface area contributed by atoms with Crippen LogP contribution < -0.4 is 5.73 Å². The van der Waals surface area contributed by atoms with Crippen LogP contribution in [0.5, 0.6) is 0 Å². The zero-order valence-corrected chi connectivity index (χ0v) is 13.2. The first-order valence-corrected chi connectivity index (χ1v) is 7.04. The van der Waals surface area contributed by atoms with Crippen LogP contribution in [0.4, 0.5) is 0 Å². The lowest BCUT2D eigenvalue weighted by atomic mass is 9.77. The third kappa shape index (κ3) is 3.82. The Kier molecular flexibility index (Phi) is 5.60. The van der Waals surface area contributed by atoms with Gasteiger partial charge in [0.15, 0.2) is 0 Å². The van der Waals surface area contributed by atoms with E-state index in [-0.39, 0.29) is 6.04 Å². The normalized spacial score (nSPS) is 16.2. The number of hydrogen-bond acceptors (Lipinski definition) is 2. The highest BCUT2D eigenvalue weighted by atomic mass is 35.5. The van der Waals surface area contributed by atoms with Crippen molar-refractivity contribution in [2.45, 2.75) is 38.3 Å². The van der Waals surface area contributed by atoms with E-state index in [1.165, 1.54) is 0 Å². The van der Waals surface area contributed by atoms with Crippen LogP contribution in [-0.4, -0.2) is 25.0 Å². The topological polar surface area (TPSA) is 29.3 Å². The maximum absolute atomic E-state index is 6.78. The molecule has 2 atom stereocenters. The number of likely N-dealkylation sites (N-methyl/N-ethyl adjacent to an activating group) is 1. The molecule has 106 valence electrons. The zero-order chi connectivity index (χ0) is 14.6. The third-order valence-electron chi connectivity index (χ3n) is 3.58. The largest absolute Gasteiger partial charge is 0.320 e. The predicted molar refractivity (Wildman–Crippen MR) is 84.5 cm³/mol. The molecule has 19 heavy (non-hydrogen) atoms. The molecular formula is C16H25ClN2. The minimum Gasteiger partial charge on any atom is -0.320 e. The van der Waals surface area contributed by atoms with E-state index in [1.54, 1.807) is 0 Å². The molecule has 0 amide bonds. The first kappa shape index (κ1) is 16.2. The molecule has 0 heterocycles. The molecule has 2 nitrogen and oxygen atoms in total. The number of halogens is 1. The molecule has 0 aliphatic heterocycles. The lowest BCUT2D eigenvalue weighted by molar-refractivity contribution is 0.168. The van der Waals surface area contributed by atoms with Gasteiger partial charge in [-0.25, -0.2) is 0 Å². The third-order valence-corrected chi connectivity index (χ3v) is 3.83. The average Bonchev–Trinajstić information content (AvgIpc) is 2.28. The summed E-state index contributed by atoms with van der Waals surface area (Å²) in [6.07, 6.45) is 1.75. The number of nitrogens with zero attached hydrogens (tertiary/aromatic N) is 1. The van der Waals surface area contributed by atoms with Gasteiger partial charge in [0.1, 0.15) is 0 Å². The summed E-state index contributed by atoms with van der Waals surface area (Å²) in [5, 5.41) is 0.735. The van der Waals surface area contributed by atoms with Gasteiger partial charge in [-0.1, -0.05) is 36.2 Å². The first-order chi connectivity index (χ1) is 8.81. The minimum atomic E-state index is -0.436. The maximum atomic E-state index is 6.78. The van der Waals surface area contributed by atoms with Gasteiger partial charge in [-0.15, -0.1) is 6.58 Å². The Hall–Kier alpha value is -0.830. The van der Waals surface area contributed by atoms with Crippen LogP contribution in [0.1, 0.15) is 32.3 Å². The molecule has 1 rings (SSSR count). The van der Waals surface area contributed by atoms with E-state index in [9.17, 15) is 0 Å². The van der Waals surface area contributed by atoms with Crippen molar-refractivity contribution in [2.75, 3.05) is 14.1 Å². The fraction of sp³-hybridized carbons (Fsp3) is 0.500. The summed E-state index contributed by atoms with van der Waals surface area (Å²) in [5.74, 6) is 0. The van der Waals surface area contributed by atoms with Crippen molar-refractivity contribution in [3.8, 4) is 0 Å².